The highest BCUT2D eigenvalue weighted by molar-refractivity contribution is 5.79. The topological polar surface area (TPSA) is 20.3 Å². The summed E-state index contributed by atoms with van der Waals surface area (Å²) < 4.78 is 0. The van der Waals surface area contributed by atoms with Crippen LogP contribution >= 0.6 is 0 Å². The van der Waals surface area contributed by atoms with Crippen LogP contribution in [0.4, 0.5) is 0 Å². The van der Waals surface area contributed by atoms with Crippen LogP contribution in [0, 0.1) is 5.92 Å². The molecule has 1 saturated carbocycles. The van der Waals surface area contributed by atoms with Crippen LogP contribution in [0.15, 0.2) is 24.3 Å². The molecule has 1 heterocycles. The molecule has 1 aromatic rings. The zero-order valence-electron chi connectivity index (χ0n) is 14.1. The molecule has 0 bridgehead atoms. The SMILES string of the molecule is CC(C)c1ccc(C2CCCN(C(=O)C3CCCC3)C2)cc1. The second-order valence-corrected chi connectivity index (χ2v) is 7.43. The first-order valence-electron chi connectivity index (χ1n) is 9.04. The van der Waals surface area contributed by atoms with Gasteiger partial charge in [-0.15, -0.1) is 0 Å². The number of likely N-dealkylation sites (tertiary alicyclic amines) is 1. The van der Waals surface area contributed by atoms with E-state index in [0.717, 1.165) is 32.4 Å². The summed E-state index contributed by atoms with van der Waals surface area (Å²) in [6.45, 7) is 6.36. The van der Waals surface area contributed by atoms with Gasteiger partial charge < -0.3 is 4.90 Å². The number of carbonyl (C=O) groups excluding carboxylic acids is 1. The van der Waals surface area contributed by atoms with E-state index in [2.05, 4.69) is 43.0 Å². The summed E-state index contributed by atoms with van der Waals surface area (Å²) in [7, 11) is 0. The summed E-state index contributed by atoms with van der Waals surface area (Å²) in [6.07, 6.45) is 7.07. The van der Waals surface area contributed by atoms with Crippen LogP contribution in [0.5, 0.6) is 0 Å². The Balaban J connectivity index is 1.65. The number of hydrogen-bond acceptors (Lipinski definition) is 1. The Bertz CT molecular complexity index is 499. The summed E-state index contributed by atoms with van der Waals surface area (Å²) >= 11 is 0. The number of hydrogen-bond donors (Lipinski definition) is 0. The van der Waals surface area contributed by atoms with Crippen molar-refractivity contribution >= 4 is 5.91 Å². The van der Waals surface area contributed by atoms with E-state index in [-0.39, 0.29) is 0 Å². The number of benzene rings is 1. The van der Waals surface area contributed by atoms with Gasteiger partial charge in [0.25, 0.3) is 0 Å². The first-order chi connectivity index (χ1) is 10.6. The molecule has 3 rings (SSSR count). The van der Waals surface area contributed by atoms with Gasteiger partial charge in [-0.3, -0.25) is 4.79 Å². The molecule has 22 heavy (non-hydrogen) atoms. The third kappa shape index (κ3) is 3.37. The number of rotatable bonds is 3. The van der Waals surface area contributed by atoms with Gasteiger partial charge in [0, 0.05) is 24.9 Å². The van der Waals surface area contributed by atoms with Crippen molar-refractivity contribution in [3.8, 4) is 0 Å². The molecule has 1 unspecified atom stereocenters. The first-order valence-corrected chi connectivity index (χ1v) is 9.04. The minimum absolute atomic E-state index is 0.321. The van der Waals surface area contributed by atoms with Gasteiger partial charge in [-0.1, -0.05) is 51.0 Å². The molecule has 2 nitrogen and oxygen atoms in total. The van der Waals surface area contributed by atoms with Gasteiger partial charge in [-0.2, -0.15) is 0 Å². The highest BCUT2D eigenvalue weighted by atomic mass is 16.2. The van der Waals surface area contributed by atoms with Gasteiger partial charge in [-0.25, -0.2) is 0 Å². The molecule has 120 valence electrons. The number of piperidine rings is 1. The first kappa shape index (κ1) is 15.6. The Morgan fingerprint density at radius 2 is 1.73 bits per heavy atom. The number of nitrogens with zero attached hydrogens (tertiary/aromatic N) is 1. The molecule has 0 aromatic heterocycles. The predicted molar refractivity (Wildman–Crippen MR) is 91.0 cm³/mol. The van der Waals surface area contributed by atoms with Crippen molar-refractivity contribution in [3.05, 3.63) is 35.4 Å². The summed E-state index contributed by atoms with van der Waals surface area (Å²) in [6, 6.07) is 9.09. The fourth-order valence-electron chi connectivity index (χ4n) is 4.03. The molecule has 2 fully saturated rings. The molecule has 1 saturated heterocycles. The molecule has 1 atom stereocenters. The molecule has 2 aliphatic rings. The standard InChI is InChI=1S/C20H29NO/c1-15(2)16-9-11-17(12-10-16)19-8-5-13-21(14-19)20(22)18-6-3-4-7-18/h9-12,15,18-19H,3-8,13-14H2,1-2H3. The lowest BCUT2D eigenvalue weighted by molar-refractivity contribution is -0.136. The van der Waals surface area contributed by atoms with Crippen molar-refractivity contribution in [3.63, 3.8) is 0 Å². The van der Waals surface area contributed by atoms with E-state index in [1.165, 1.54) is 30.4 Å². The fraction of sp³-hybridized carbons (Fsp3) is 0.650. The van der Waals surface area contributed by atoms with E-state index in [0.29, 0.717) is 23.7 Å². The molecule has 0 spiro atoms. The zero-order chi connectivity index (χ0) is 15.5. The number of amides is 1. The van der Waals surface area contributed by atoms with Crippen LogP contribution in [0.1, 0.15) is 75.3 Å². The highest BCUT2D eigenvalue weighted by Crippen LogP contribution is 2.32. The van der Waals surface area contributed by atoms with Crippen molar-refractivity contribution in [2.75, 3.05) is 13.1 Å². The van der Waals surface area contributed by atoms with Crippen LogP contribution in [0.3, 0.4) is 0 Å². The summed E-state index contributed by atoms with van der Waals surface area (Å²) in [5.74, 6) is 1.87. The third-order valence-electron chi connectivity index (χ3n) is 5.51. The molecule has 0 radical (unpaired) electrons. The predicted octanol–water partition coefficient (Wildman–Crippen LogP) is 4.71. The van der Waals surface area contributed by atoms with Crippen molar-refractivity contribution in [2.45, 2.75) is 64.2 Å². The van der Waals surface area contributed by atoms with E-state index < -0.39 is 0 Å². The van der Waals surface area contributed by atoms with E-state index in [1.807, 2.05) is 0 Å². The summed E-state index contributed by atoms with van der Waals surface area (Å²) in [5, 5.41) is 0. The zero-order valence-corrected chi connectivity index (χ0v) is 14.1. The minimum Gasteiger partial charge on any atom is -0.342 e. The van der Waals surface area contributed by atoms with E-state index in [1.54, 1.807) is 0 Å². The minimum atomic E-state index is 0.321. The lowest BCUT2D eigenvalue weighted by Crippen LogP contribution is -2.41. The van der Waals surface area contributed by atoms with Crippen molar-refractivity contribution in [1.82, 2.24) is 4.90 Å². The second-order valence-electron chi connectivity index (χ2n) is 7.43. The Kier molecular flexibility index (Phi) is 4.85. The Morgan fingerprint density at radius 3 is 2.36 bits per heavy atom. The quantitative estimate of drug-likeness (QED) is 0.791. The Hall–Kier alpha value is -1.31. The maximum absolute atomic E-state index is 12.6. The maximum atomic E-state index is 12.6. The van der Waals surface area contributed by atoms with Gasteiger partial charge in [0.1, 0.15) is 0 Å². The molecule has 1 aliphatic heterocycles. The molecule has 1 aromatic carbocycles. The lowest BCUT2D eigenvalue weighted by Gasteiger charge is -2.34. The van der Waals surface area contributed by atoms with Gasteiger partial charge in [0.2, 0.25) is 5.91 Å². The van der Waals surface area contributed by atoms with Crippen LogP contribution < -0.4 is 0 Å². The smallest absolute Gasteiger partial charge is 0.225 e. The summed E-state index contributed by atoms with van der Waals surface area (Å²) in [4.78, 5) is 14.8. The number of carbonyl (C=O) groups is 1. The van der Waals surface area contributed by atoms with Gasteiger partial charge >= 0.3 is 0 Å². The highest BCUT2D eigenvalue weighted by Gasteiger charge is 2.30. The second kappa shape index (κ2) is 6.85. The maximum Gasteiger partial charge on any atom is 0.225 e. The van der Waals surface area contributed by atoms with E-state index >= 15 is 0 Å². The lowest BCUT2D eigenvalue weighted by atomic mass is 9.88. The molecular weight excluding hydrogens is 270 g/mol. The largest absolute Gasteiger partial charge is 0.342 e. The monoisotopic (exact) mass is 299 g/mol. The van der Waals surface area contributed by atoms with Crippen LogP contribution in [-0.2, 0) is 4.79 Å². The Morgan fingerprint density at radius 1 is 1.05 bits per heavy atom. The van der Waals surface area contributed by atoms with E-state index in [4.69, 9.17) is 0 Å². The van der Waals surface area contributed by atoms with Gasteiger partial charge in [-0.05, 0) is 42.7 Å². The van der Waals surface area contributed by atoms with Crippen LogP contribution in [0.25, 0.3) is 0 Å². The van der Waals surface area contributed by atoms with Crippen molar-refractivity contribution < 1.29 is 4.79 Å². The molecule has 0 N–H and O–H groups in total. The van der Waals surface area contributed by atoms with Gasteiger partial charge in [0.15, 0.2) is 0 Å². The summed E-state index contributed by atoms with van der Waals surface area (Å²) in [5.41, 5.74) is 2.81. The van der Waals surface area contributed by atoms with Crippen LogP contribution in [0.2, 0.25) is 0 Å². The molecular formula is C20H29NO. The van der Waals surface area contributed by atoms with E-state index in [9.17, 15) is 4.79 Å². The van der Waals surface area contributed by atoms with Gasteiger partial charge in [0.05, 0.1) is 0 Å². The molecule has 1 amide bonds. The van der Waals surface area contributed by atoms with Crippen molar-refractivity contribution in [2.24, 2.45) is 5.92 Å². The van der Waals surface area contributed by atoms with Crippen LogP contribution in [-0.4, -0.2) is 23.9 Å². The molecule has 1 aliphatic carbocycles. The third-order valence-corrected chi connectivity index (χ3v) is 5.51. The fourth-order valence-corrected chi connectivity index (χ4v) is 4.03. The average Bonchev–Trinajstić information content (AvgIpc) is 3.09. The molecule has 2 heteroatoms. The average molecular weight is 299 g/mol. The van der Waals surface area contributed by atoms with Crippen molar-refractivity contribution in [1.29, 1.82) is 0 Å². The Labute approximate surface area is 134 Å². The normalized spacial score (nSPS) is 23.2.